The molecule has 0 amide bonds. The molecule has 1 rings (SSSR count). The highest BCUT2D eigenvalue weighted by Gasteiger charge is 2.07. The third-order valence-electron chi connectivity index (χ3n) is 1.97. The molecule has 2 heteroatoms. The molecule has 0 saturated carbocycles. The van der Waals surface area contributed by atoms with Crippen LogP contribution in [-0.4, -0.2) is 13.2 Å². The number of hydrogen-bond acceptors (Lipinski definition) is 1. The number of terminal acetylenes is 1. The SMILES string of the molecule is C#CC(O)c1ccc(C#C[Si](C)(C)C)cc1. The lowest BCUT2D eigenvalue weighted by molar-refractivity contribution is 0.238. The molecule has 16 heavy (non-hydrogen) atoms. The van der Waals surface area contributed by atoms with Crippen molar-refractivity contribution >= 4 is 8.07 Å². The highest BCUT2D eigenvalue weighted by molar-refractivity contribution is 6.83. The molecule has 0 aliphatic heterocycles. The molecule has 0 saturated heterocycles. The van der Waals surface area contributed by atoms with Crippen LogP contribution in [0.1, 0.15) is 17.2 Å². The lowest BCUT2D eigenvalue weighted by Gasteiger charge is -2.04. The molecule has 1 nitrogen and oxygen atoms in total. The van der Waals surface area contributed by atoms with Crippen molar-refractivity contribution in [3.05, 3.63) is 35.4 Å². The fraction of sp³-hybridized carbons (Fsp3) is 0.286. The zero-order chi connectivity index (χ0) is 12.2. The minimum atomic E-state index is -1.33. The van der Waals surface area contributed by atoms with Crippen molar-refractivity contribution in [2.75, 3.05) is 0 Å². The first-order valence-corrected chi connectivity index (χ1v) is 8.70. The standard InChI is InChI=1S/C14H16OSi/c1-5-14(15)13-8-6-12(7-9-13)10-11-16(2,3)4/h1,6-9,14-15H,2-4H3. The Balaban J connectivity index is 2.88. The molecule has 1 N–H and O–H groups in total. The summed E-state index contributed by atoms with van der Waals surface area (Å²) in [5, 5.41) is 9.41. The van der Waals surface area contributed by atoms with E-state index in [2.05, 4.69) is 37.0 Å². The molecule has 1 atom stereocenters. The van der Waals surface area contributed by atoms with Gasteiger partial charge in [0.1, 0.15) is 14.2 Å². The van der Waals surface area contributed by atoms with Gasteiger partial charge in [0.25, 0.3) is 0 Å². The van der Waals surface area contributed by atoms with Gasteiger partial charge in [-0.1, -0.05) is 43.6 Å². The van der Waals surface area contributed by atoms with Crippen LogP contribution in [0, 0.1) is 23.8 Å². The van der Waals surface area contributed by atoms with Gasteiger partial charge in [-0.15, -0.1) is 12.0 Å². The van der Waals surface area contributed by atoms with Crippen LogP contribution < -0.4 is 0 Å². The Morgan fingerprint density at radius 3 is 2.19 bits per heavy atom. The van der Waals surface area contributed by atoms with Crippen molar-refractivity contribution in [1.82, 2.24) is 0 Å². The van der Waals surface area contributed by atoms with Crippen molar-refractivity contribution < 1.29 is 5.11 Å². The summed E-state index contributed by atoms with van der Waals surface area (Å²) < 4.78 is 0. The third kappa shape index (κ3) is 3.94. The summed E-state index contributed by atoms with van der Waals surface area (Å²) in [6.45, 7) is 6.61. The Hall–Kier alpha value is -1.48. The summed E-state index contributed by atoms with van der Waals surface area (Å²) in [6.07, 6.45) is 4.32. The average molecular weight is 228 g/mol. The Morgan fingerprint density at radius 1 is 1.19 bits per heavy atom. The van der Waals surface area contributed by atoms with Gasteiger partial charge in [0.05, 0.1) is 0 Å². The van der Waals surface area contributed by atoms with Gasteiger partial charge >= 0.3 is 0 Å². The van der Waals surface area contributed by atoms with Gasteiger partial charge in [0.2, 0.25) is 0 Å². The monoisotopic (exact) mass is 228 g/mol. The third-order valence-corrected chi connectivity index (χ3v) is 2.84. The maximum atomic E-state index is 9.41. The van der Waals surface area contributed by atoms with Gasteiger partial charge in [0, 0.05) is 5.56 Å². The fourth-order valence-corrected chi connectivity index (χ4v) is 1.62. The van der Waals surface area contributed by atoms with Gasteiger partial charge in [0.15, 0.2) is 0 Å². The number of benzene rings is 1. The van der Waals surface area contributed by atoms with Crippen LogP contribution in [0.25, 0.3) is 0 Å². The van der Waals surface area contributed by atoms with Crippen LogP contribution in [0.5, 0.6) is 0 Å². The van der Waals surface area contributed by atoms with Crippen molar-refractivity contribution in [2.45, 2.75) is 25.7 Å². The molecule has 0 aliphatic rings. The molecule has 1 aromatic carbocycles. The number of aliphatic hydroxyl groups is 1. The second-order valence-electron chi connectivity index (χ2n) is 4.69. The molecule has 0 fully saturated rings. The molecule has 1 unspecified atom stereocenters. The Kier molecular flexibility index (Phi) is 3.96. The molecule has 1 aromatic rings. The zero-order valence-electron chi connectivity index (χ0n) is 9.91. The lowest BCUT2D eigenvalue weighted by atomic mass is 10.1. The molecule has 0 bridgehead atoms. The van der Waals surface area contributed by atoms with E-state index in [0.717, 1.165) is 11.1 Å². The van der Waals surface area contributed by atoms with E-state index >= 15 is 0 Å². The van der Waals surface area contributed by atoms with Crippen molar-refractivity contribution in [3.63, 3.8) is 0 Å². The van der Waals surface area contributed by atoms with E-state index in [0.29, 0.717) is 0 Å². The summed E-state index contributed by atoms with van der Waals surface area (Å²) in [5.41, 5.74) is 4.99. The minimum Gasteiger partial charge on any atom is -0.376 e. The summed E-state index contributed by atoms with van der Waals surface area (Å²) in [4.78, 5) is 0. The van der Waals surface area contributed by atoms with Crippen LogP contribution in [0.15, 0.2) is 24.3 Å². The summed E-state index contributed by atoms with van der Waals surface area (Å²) in [6, 6.07) is 7.42. The van der Waals surface area contributed by atoms with E-state index in [1.807, 2.05) is 24.3 Å². The predicted molar refractivity (Wildman–Crippen MR) is 70.5 cm³/mol. The van der Waals surface area contributed by atoms with Crippen molar-refractivity contribution in [3.8, 4) is 23.8 Å². The van der Waals surface area contributed by atoms with Crippen LogP contribution in [-0.2, 0) is 0 Å². The first-order valence-electron chi connectivity index (χ1n) is 5.20. The first kappa shape index (κ1) is 12.6. The minimum absolute atomic E-state index is 0.737. The Morgan fingerprint density at radius 2 is 1.75 bits per heavy atom. The van der Waals surface area contributed by atoms with Gasteiger partial charge in [-0.2, -0.15) is 0 Å². The maximum Gasteiger partial charge on any atom is 0.139 e. The number of hydrogen-bond donors (Lipinski definition) is 1. The van der Waals surface area contributed by atoms with Gasteiger partial charge in [-0.3, -0.25) is 0 Å². The summed E-state index contributed by atoms with van der Waals surface area (Å²) >= 11 is 0. The molecular formula is C14H16OSi. The van der Waals surface area contributed by atoms with Crippen LogP contribution >= 0.6 is 0 Å². The zero-order valence-corrected chi connectivity index (χ0v) is 10.9. The fourth-order valence-electron chi connectivity index (χ4n) is 1.10. The average Bonchev–Trinajstić information content (AvgIpc) is 2.25. The van der Waals surface area contributed by atoms with E-state index in [4.69, 9.17) is 6.42 Å². The first-order chi connectivity index (χ1) is 7.42. The molecule has 0 spiro atoms. The molecule has 0 heterocycles. The quantitative estimate of drug-likeness (QED) is 0.578. The van der Waals surface area contributed by atoms with Crippen LogP contribution in [0.3, 0.4) is 0 Å². The molecule has 0 aliphatic carbocycles. The second-order valence-corrected chi connectivity index (χ2v) is 9.44. The molecule has 0 aromatic heterocycles. The van der Waals surface area contributed by atoms with E-state index in [-0.39, 0.29) is 0 Å². The Bertz CT molecular complexity index is 449. The predicted octanol–water partition coefficient (Wildman–Crippen LogP) is 2.58. The second kappa shape index (κ2) is 5.03. The van der Waals surface area contributed by atoms with Crippen molar-refractivity contribution in [2.24, 2.45) is 0 Å². The number of rotatable bonds is 1. The number of aliphatic hydroxyl groups excluding tert-OH is 1. The topological polar surface area (TPSA) is 20.2 Å². The normalized spacial score (nSPS) is 12.2. The lowest BCUT2D eigenvalue weighted by Crippen LogP contribution is -2.16. The highest BCUT2D eigenvalue weighted by Crippen LogP contribution is 2.12. The summed E-state index contributed by atoms with van der Waals surface area (Å²) in [5.74, 6) is 5.43. The van der Waals surface area contributed by atoms with E-state index < -0.39 is 14.2 Å². The van der Waals surface area contributed by atoms with E-state index in [1.54, 1.807) is 0 Å². The van der Waals surface area contributed by atoms with E-state index in [9.17, 15) is 5.11 Å². The maximum absolute atomic E-state index is 9.41. The molecular weight excluding hydrogens is 212 g/mol. The van der Waals surface area contributed by atoms with Crippen LogP contribution in [0.2, 0.25) is 19.6 Å². The largest absolute Gasteiger partial charge is 0.376 e. The smallest absolute Gasteiger partial charge is 0.139 e. The van der Waals surface area contributed by atoms with Crippen LogP contribution in [0.4, 0.5) is 0 Å². The van der Waals surface area contributed by atoms with Gasteiger partial charge in [-0.25, -0.2) is 0 Å². The van der Waals surface area contributed by atoms with Gasteiger partial charge in [-0.05, 0) is 17.7 Å². The Labute approximate surface area is 98.5 Å². The van der Waals surface area contributed by atoms with Gasteiger partial charge < -0.3 is 5.11 Å². The van der Waals surface area contributed by atoms with Crippen molar-refractivity contribution in [1.29, 1.82) is 0 Å². The highest BCUT2D eigenvalue weighted by atomic mass is 28.3. The molecule has 0 radical (unpaired) electrons. The molecule has 82 valence electrons. The summed E-state index contributed by atoms with van der Waals surface area (Å²) in [7, 11) is -1.33. The van der Waals surface area contributed by atoms with E-state index in [1.165, 1.54) is 0 Å².